The zero-order valence-electron chi connectivity index (χ0n) is 17.3. The maximum atomic E-state index is 14.1. The Morgan fingerprint density at radius 2 is 2.03 bits per heavy atom. The highest BCUT2D eigenvalue weighted by molar-refractivity contribution is 7.93. The van der Waals surface area contributed by atoms with E-state index in [1.54, 1.807) is 6.92 Å². The van der Waals surface area contributed by atoms with Gasteiger partial charge in [0.1, 0.15) is 0 Å². The van der Waals surface area contributed by atoms with Gasteiger partial charge >= 0.3 is 0 Å². The van der Waals surface area contributed by atoms with E-state index in [9.17, 15) is 22.4 Å². The summed E-state index contributed by atoms with van der Waals surface area (Å²) >= 11 is 0. The van der Waals surface area contributed by atoms with E-state index in [1.807, 2.05) is 0 Å². The van der Waals surface area contributed by atoms with Crippen molar-refractivity contribution in [1.82, 2.24) is 5.32 Å². The number of hydrogen-bond acceptors (Lipinski definition) is 6. The molecule has 0 radical (unpaired) electrons. The number of carbonyl (C=O) groups excluding carboxylic acids is 2. The summed E-state index contributed by atoms with van der Waals surface area (Å²) in [7, 11) is -4.05. The Kier molecular flexibility index (Phi) is 7.45. The predicted molar refractivity (Wildman–Crippen MR) is 111 cm³/mol. The van der Waals surface area contributed by atoms with Crippen LogP contribution in [0.5, 0.6) is 5.75 Å². The number of amides is 2. The molecule has 1 aliphatic carbocycles. The summed E-state index contributed by atoms with van der Waals surface area (Å²) in [5.41, 5.74) is 0.539. The molecule has 1 aromatic carbocycles. The second kappa shape index (κ2) is 9.88. The molecular formula is C21H27FN2O6S. The van der Waals surface area contributed by atoms with Gasteiger partial charge in [-0.25, -0.2) is 17.9 Å². The quantitative estimate of drug-likeness (QED) is 0.411. The molecule has 1 heterocycles. The van der Waals surface area contributed by atoms with Gasteiger partial charge in [0.2, 0.25) is 21.8 Å². The zero-order chi connectivity index (χ0) is 22.6. The highest BCUT2D eigenvalue weighted by Gasteiger charge is 2.27. The number of rotatable bonds is 10. The average Bonchev–Trinajstić information content (AvgIpc) is 3.52. The molecule has 8 nitrogen and oxygen atoms in total. The van der Waals surface area contributed by atoms with Crippen LogP contribution in [0.1, 0.15) is 44.1 Å². The molecule has 1 unspecified atom stereocenters. The third kappa shape index (κ3) is 6.59. The van der Waals surface area contributed by atoms with Crippen molar-refractivity contribution in [3.05, 3.63) is 40.6 Å². The summed E-state index contributed by atoms with van der Waals surface area (Å²) in [4.78, 5) is 22.9. The van der Waals surface area contributed by atoms with E-state index in [-0.39, 0.29) is 36.2 Å². The van der Waals surface area contributed by atoms with Crippen LogP contribution in [0, 0.1) is 17.7 Å². The number of primary sulfonamides is 1. The van der Waals surface area contributed by atoms with Crippen LogP contribution in [0.25, 0.3) is 0 Å². The number of nitrogens with one attached hydrogen (secondary N) is 1. The summed E-state index contributed by atoms with van der Waals surface area (Å²) in [6.07, 6.45) is 4.10. The zero-order valence-corrected chi connectivity index (χ0v) is 18.1. The van der Waals surface area contributed by atoms with E-state index >= 15 is 0 Å². The van der Waals surface area contributed by atoms with E-state index < -0.39 is 33.6 Å². The number of benzene rings is 1. The van der Waals surface area contributed by atoms with Crippen molar-refractivity contribution in [3.63, 3.8) is 0 Å². The van der Waals surface area contributed by atoms with Crippen molar-refractivity contribution in [1.29, 1.82) is 0 Å². The van der Waals surface area contributed by atoms with Gasteiger partial charge in [-0.3, -0.25) is 14.9 Å². The number of imide groups is 1. The molecule has 0 bridgehead atoms. The molecule has 2 fully saturated rings. The molecule has 0 spiro atoms. The molecule has 1 saturated heterocycles. The molecule has 2 atom stereocenters. The number of halogens is 1. The Bertz CT molecular complexity index is 974. The van der Waals surface area contributed by atoms with Crippen LogP contribution in [0.4, 0.5) is 4.39 Å². The maximum absolute atomic E-state index is 14.1. The fourth-order valence-electron chi connectivity index (χ4n) is 3.34. The van der Waals surface area contributed by atoms with Gasteiger partial charge in [-0.2, -0.15) is 0 Å². The second-order valence-electron chi connectivity index (χ2n) is 8.00. The highest BCUT2D eigenvalue weighted by Crippen LogP contribution is 2.33. The fourth-order valence-corrected chi connectivity index (χ4v) is 4.27. The van der Waals surface area contributed by atoms with Gasteiger partial charge in [0.25, 0.3) is 0 Å². The summed E-state index contributed by atoms with van der Waals surface area (Å²) in [5.74, 6) is -1.81. The number of hydrogen-bond donors (Lipinski definition) is 2. The summed E-state index contributed by atoms with van der Waals surface area (Å²) in [5, 5.41) is 7.64. The van der Waals surface area contributed by atoms with E-state index in [2.05, 4.69) is 5.32 Å². The average molecular weight is 455 g/mol. The Balaban J connectivity index is 1.66. The van der Waals surface area contributed by atoms with E-state index in [4.69, 9.17) is 14.6 Å². The molecule has 1 saturated carbocycles. The largest absolute Gasteiger partial charge is 0.490 e. The fraction of sp³-hybridized carbons (Fsp3) is 0.524. The number of sulfonamides is 1. The Hall–Kier alpha value is -2.30. The summed E-state index contributed by atoms with van der Waals surface area (Å²) < 4.78 is 49.4. The van der Waals surface area contributed by atoms with Crippen LogP contribution >= 0.6 is 0 Å². The first-order valence-corrected chi connectivity index (χ1v) is 11.8. The molecule has 2 aliphatic rings. The number of carbonyl (C=O) groups is 2. The first kappa shape index (κ1) is 23.4. The third-order valence-electron chi connectivity index (χ3n) is 5.46. The minimum Gasteiger partial charge on any atom is -0.490 e. The SMILES string of the molecule is C[C@@H](C(=CCOCC1CCC(=O)NC1=O)S(N)(=O)=O)c1ccc(F)c(OCC2CC2)c1. The van der Waals surface area contributed by atoms with E-state index in [0.29, 0.717) is 24.5 Å². The van der Waals surface area contributed by atoms with Crippen LogP contribution in [0.15, 0.2) is 29.2 Å². The highest BCUT2D eigenvalue weighted by atomic mass is 32.2. The number of allylic oxidation sites excluding steroid dienone is 1. The predicted octanol–water partition coefficient (Wildman–Crippen LogP) is 1.96. The van der Waals surface area contributed by atoms with Gasteiger partial charge in [-0.05, 0) is 49.0 Å². The van der Waals surface area contributed by atoms with Gasteiger partial charge in [0.05, 0.1) is 30.6 Å². The van der Waals surface area contributed by atoms with Crippen LogP contribution in [-0.2, 0) is 24.3 Å². The molecule has 1 aliphatic heterocycles. The first-order chi connectivity index (χ1) is 14.6. The lowest BCUT2D eigenvalue weighted by molar-refractivity contribution is -0.137. The molecule has 2 amide bonds. The van der Waals surface area contributed by atoms with Gasteiger partial charge in [-0.1, -0.05) is 13.0 Å². The summed E-state index contributed by atoms with van der Waals surface area (Å²) in [6, 6.07) is 4.23. The molecule has 10 heteroatoms. The Morgan fingerprint density at radius 3 is 2.68 bits per heavy atom. The molecule has 1 aromatic rings. The van der Waals surface area contributed by atoms with E-state index in [0.717, 1.165) is 12.8 Å². The van der Waals surface area contributed by atoms with Gasteiger partial charge in [0, 0.05) is 12.3 Å². The lowest BCUT2D eigenvalue weighted by atomic mass is 9.99. The third-order valence-corrected chi connectivity index (χ3v) is 6.63. The lowest BCUT2D eigenvalue weighted by Gasteiger charge is -2.20. The van der Waals surface area contributed by atoms with Crippen molar-refractivity contribution in [2.75, 3.05) is 19.8 Å². The van der Waals surface area contributed by atoms with Crippen molar-refractivity contribution in [2.45, 2.75) is 38.5 Å². The van der Waals surface area contributed by atoms with Gasteiger partial charge < -0.3 is 9.47 Å². The van der Waals surface area contributed by atoms with Crippen molar-refractivity contribution in [3.8, 4) is 5.75 Å². The standard InChI is InChI=1S/C21H27FN2O6S/c1-13(15-4-6-17(22)18(10-15)30-11-14-2-3-14)19(31(23,27)28)8-9-29-12-16-5-7-20(25)24-21(16)26/h4,6,8,10,13-14,16H,2-3,5,7,9,11-12H2,1H3,(H2,23,27,28)(H,24,25,26)/t13-,16?/m1/s1. The normalized spacial score (nSPS) is 21.0. The van der Waals surface area contributed by atoms with Crippen LogP contribution in [0.3, 0.4) is 0 Å². The molecular weight excluding hydrogens is 427 g/mol. The smallest absolute Gasteiger partial charge is 0.234 e. The molecule has 170 valence electrons. The second-order valence-corrected chi connectivity index (χ2v) is 9.56. The Morgan fingerprint density at radius 1 is 1.29 bits per heavy atom. The molecule has 0 aromatic heterocycles. The number of nitrogens with two attached hydrogens (primary N) is 1. The van der Waals surface area contributed by atoms with Crippen LogP contribution in [-0.4, -0.2) is 40.1 Å². The van der Waals surface area contributed by atoms with Crippen LogP contribution < -0.4 is 15.2 Å². The maximum Gasteiger partial charge on any atom is 0.234 e. The minimum atomic E-state index is -4.05. The van der Waals surface area contributed by atoms with E-state index in [1.165, 1.54) is 24.3 Å². The number of ether oxygens (including phenoxy) is 2. The molecule has 3 N–H and O–H groups in total. The van der Waals surface area contributed by atoms with Crippen molar-refractivity contribution in [2.24, 2.45) is 17.0 Å². The first-order valence-electron chi connectivity index (χ1n) is 10.2. The number of piperidine rings is 1. The van der Waals surface area contributed by atoms with Gasteiger partial charge in [-0.15, -0.1) is 0 Å². The lowest BCUT2D eigenvalue weighted by Crippen LogP contribution is -2.42. The molecule has 31 heavy (non-hydrogen) atoms. The minimum absolute atomic E-state index is 0.0532. The monoisotopic (exact) mass is 454 g/mol. The molecule has 3 rings (SSSR count). The van der Waals surface area contributed by atoms with Crippen molar-refractivity contribution >= 4 is 21.8 Å². The van der Waals surface area contributed by atoms with Crippen molar-refractivity contribution < 1.29 is 31.9 Å². The summed E-state index contributed by atoms with van der Waals surface area (Å²) in [6.45, 7) is 2.05. The Labute approximate surface area is 181 Å². The van der Waals surface area contributed by atoms with Gasteiger partial charge in [0.15, 0.2) is 11.6 Å². The topological polar surface area (TPSA) is 125 Å². The van der Waals surface area contributed by atoms with Crippen LogP contribution in [0.2, 0.25) is 0 Å².